The van der Waals surface area contributed by atoms with E-state index in [1.54, 1.807) is 0 Å². The predicted octanol–water partition coefficient (Wildman–Crippen LogP) is 4.07. The molecule has 0 atom stereocenters. The summed E-state index contributed by atoms with van der Waals surface area (Å²) >= 11 is 3.48. The predicted molar refractivity (Wildman–Crippen MR) is 58.0 cm³/mol. The molecule has 1 aromatic carbocycles. The van der Waals surface area contributed by atoms with Crippen LogP contribution < -0.4 is 0 Å². The molecule has 0 spiro atoms. The maximum atomic E-state index is 5.73. The van der Waals surface area contributed by atoms with E-state index in [0.29, 0.717) is 0 Å². The number of halogens is 1. The van der Waals surface area contributed by atoms with E-state index in [2.05, 4.69) is 35.8 Å². The van der Waals surface area contributed by atoms with Crippen molar-refractivity contribution in [2.75, 3.05) is 0 Å². The molecule has 68 valence electrons. The Morgan fingerprint density at radius 1 is 1.38 bits per heavy atom. The van der Waals surface area contributed by atoms with E-state index in [1.165, 1.54) is 10.9 Å². The molecule has 0 fully saturated rings. The van der Waals surface area contributed by atoms with E-state index in [-0.39, 0.29) is 0 Å². The van der Waals surface area contributed by atoms with Crippen LogP contribution in [0.5, 0.6) is 0 Å². The van der Waals surface area contributed by atoms with Crippen molar-refractivity contribution >= 4 is 26.9 Å². The normalized spacial score (nSPS) is 11.0. The molecule has 1 aromatic heterocycles. The molecular formula is C11H11BrO. The Morgan fingerprint density at radius 3 is 2.77 bits per heavy atom. The first-order valence-corrected chi connectivity index (χ1v) is 5.19. The minimum absolute atomic E-state index is 0.951. The minimum Gasteiger partial charge on any atom is -0.460 e. The molecule has 1 heterocycles. The summed E-state index contributed by atoms with van der Waals surface area (Å²) in [7, 11) is 0. The number of benzene rings is 1. The zero-order valence-corrected chi connectivity index (χ0v) is 9.31. The minimum atomic E-state index is 0.951. The zero-order valence-electron chi connectivity index (χ0n) is 7.73. The summed E-state index contributed by atoms with van der Waals surface area (Å²) in [6, 6.07) is 6.14. The van der Waals surface area contributed by atoms with Gasteiger partial charge in [0.15, 0.2) is 0 Å². The Hall–Kier alpha value is -0.760. The highest BCUT2D eigenvalue weighted by molar-refractivity contribution is 9.10. The van der Waals surface area contributed by atoms with Crippen LogP contribution in [0.3, 0.4) is 0 Å². The molecular weight excluding hydrogens is 228 g/mol. The molecule has 0 N–H and O–H groups in total. The van der Waals surface area contributed by atoms with E-state index in [9.17, 15) is 0 Å². The van der Waals surface area contributed by atoms with E-state index >= 15 is 0 Å². The molecule has 2 heteroatoms. The fourth-order valence-electron chi connectivity index (χ4n) is 1.60. The van der Waals surface area contributed by atoms with Crippen molar-refractivity contribution in [2.24, 2.45) is 0 Å². The van der Waals surface area contributed by atoms with Gasteiger partial charge in [0.05, 0.1) is 4.47 Å². The maximum Gasteiger partial charge on any atom is 0.148 e. The first-order valence-electron chi connectivity index (χ1n) is 4.40. The number of aryl methyl sites for hydroxylation is 2. The van der Waals surface area contributed by atoms with Crippen molar-refractivity contribution in [3.8, 4) is 0 Å². The van der Waals surface area contributed by atoms with E-state index in [4.69, 9.17) is 4.42 Å². The van der Waals surface area contributed by atoms with Crippen LogP contribution in [0, 0.1) is 6.92 Å². The summed E-state index contributed by atoms with van der Waals surface area (Å²) in [4.78, 5) is 0. The highest BCUT2D eigenvalue weighted by Gasteiger charge is 2.09. The third kappa shape index (κ3) is 1.29. The quantitative estimate of drug-likeness (QED) is 0.731. The molecule has 0 aliphatic carbocycles. The summed E-state index contributed by atoms with van der Waals surface area (Å²) in [5.41, 5.74) is 2.23. The zero-order chi connectivity index (χ0) is 9.42. The lowest BCUT2D eigenvalue weighted by Crippen LogP contribution is -1.76. The van der Waals surface area contributed by atoms with Crippen LogP contribution >= 0.6 is 15.9 Å². The summed E-state index contributed by atoms with van der Waals surface area (Å²) in [5, 5.41) is 1.21. The Balaban J connectivity index is 2.83. The van der Waals surface area contributed by atoms with Gasteiger partial charge >= 0.3 is 0 Å². The van der Waals surface area contributed by atoms with Gasteiger partial charge in [-0.05, 0) is 34.5 Å². The van der Waals surface area contributed by atoms with Gasteiger partial charge in [-0.2, -0.15) is 0 Å². The largest absolute Gasteiger partial charge is 0.460 e. The first-order chi connectivity index (χ1) is 6.24. The van der Waals surface area contributed by atoms with Gasteiger partial charge in [0.25, 0.3) is 0 Å². The lowest BCUT2D eigenvalue weighted by Gasteiger charge is -1.90. The highest BCUT2D eigenvalue weighted by Crippen LogP contribution is 2.30. The molecule has 0 bridgehead atoms. The van der Waals surface area contributed by atoms with Crippen LogP contribution in [0.15, 0.2) is 27.1 Å². The van der Waals surface area contributed by atoms with Crippen LogP contribution in [0.1, 0.15) is 18.2 Å². The van der Waals surface area contributed by atoms with Crippen LogP contribution in [-0.4, -0.2) is 0 Å². The number of fused-ring (bicyclic) bond motifs is 1. The van der Waals surface area contributed by atoms with Gasteiger partial charge < -0.3 is 4.42 Å². The lowest BCUT2D eigenvalue weighted by atomic mass is 10.1. The third-order valence-electron chi connectivity index (χ3n) is 2.34. The van der Waals surface area contributed by atoms with Crippen LogP contribution in [-0.2, 0) is 6.42 Å². The topological polar surface area (TPSA) is 13.1 Å². The molecule has 0 radical (unpaired) electrons. The number of hydrogen-bond acceptors (Lipinski definition) is 1. The van der Waals surface area contributed by atoms with Gasteiger partial charge in [-0.3, -0.25) is 0 Å². The Kier molecular flexibility index (Phi) is 2.16. The summed E-state index contributed by atoms with van der Waals surface area (Å²) in [5.74, 6) is 1.09. The van der Waals surface area contributed by atoms with Gasteiger partial charge in [0.2, 0.25) is 0 Å². The molecule has 0 saturated heterocycles. The van der Waals surface area contributed by atoms with Crippen molar-refractivity contribution < 1.29 is 4.42 Å². The van der Waals surface area contributed by atoms with Crippen molar-refractivity contribution in [3.63, 3.8) is 0 Å². The van der Waals surface area contributed by atoms with E-state index in [0.717, 1.165) is 22.2 Å². The fraction of sp³-hybridized carbons (Fsp3) is 0.273. The average molecular weight is 239 g/mol. The maximum absolute atomic E-state index is 5.73. The fourth-order valence-corrected chi connectivity index (χ4v) is 2.04. The molecule has 13 heavy (non-hydrogen) atoms. The molecule has 0 unspecified atom stereocenters. The van der Waals surface area contributed by atoms with Gasteiger partial charge in [0.1, 0.15) is 11.3 Å². The molecule has 0 aliphatic rings. The second kappa shape index (κ2) is 3.18. The SMILES string of the molecule is CCc1oc2c(Br)cccc2c1C. The molecule has 0 saturated carbocycles. The van der Waals surface area contributed by atoms with Gasteiger partial charge in [-0.1, -0.05) is 19.1 Å². The molecule has 1 nitrogen and oxygen atoms in total. The summed E-state index contributed by atoms with van der Waals surface area (Å²) in [6.45, 7) is 4.22. The van der Waals surface area contributed by atoms with E-state index < -0.39 is 0 Å². The standard InChI is InChI=1S/C11H11BrO/c1-3-10-7(2)8-5-4-6-9(12)11(8)13-10/h4-6H,3H2,1-2H3. The Bertz CT molecular complexity index is 443. The number of rotatable bonds is 1. The number of hydrogen-bond donors (Lipinski definition) is 0. The van der Waals surface area contributed by atoms with Gasteiger partial charge in [-0.15, -0.1) is 0 Å². The van der Waals surface area contributed by atoms with Crippen molar-refractivity contribution in [1.82, 2.24) is 0 Å². The summed E-state index contributed by atoms with van der Waals surface area (Å²) in [6.07, 6.45) is 0.951. The third-order valence-corrected chi connectivity index (χ3v) is 2.96. The first kappa shape index (κ1) is 8.82. The number of para-hydroxylation sites is 1. The van der Waals surface area contributed by atoms with Gasteiger partial charge in [-0.25, -0.2) is 0 Å². The second-order valence-electron chi connectivity index (χ2n) is 3.12. The summed E-state index contributed by atoms with van der Waals surface area (Å²) < 4.78 is 6.77. The van der Waals surface area contributed by atoms with Crippen molar-refractivity contribution in [1.29, 1.82) is 0 Å². The van der Waals surface area contributed by atoms with Crippen LogP contribution in [0.25, 0.3) is 11.0 Å². The monoisotopic (exact) mass is 238 g/mol. The van der Waals surface area contributed by atoms with Crippen LogP contribution in [0.4, 0.5) is 0 Å². The van der Waals surface area contributed by atoms with E-state index in [1.807, 2.05) is 12.1 Å². The molecule has 2 rings (SSSR count). The van der Waals surface area contributed by atoms with Gasteiger partial charge in [0, 0.05) is 11.8 Å². The van der Waals surface area contributed by atoms with Crippen molar-refractivity contribution in [2.45, 2.75) is 20.3 Å². The Morgan fingerprint density at radius 2 is 2.15 bits per heavy atom. The second-order valence-corrected chi connectivity index (χ2v) is 3.97. The number of furan rings is 1. The lowest BCUT2D eigenvalue weighted by molar-refractivity contribution is 0.552. The molecule has 2 aromatic rings. The molecule has 0 aliphatic heterocycles. The molecule has 0 amide bonds. The Labute approximate surface area is 85.9 Å². The van der Waals surface area contributed by atoms with Crippen molar-refractivity contribution in [3.05, 3.63) is 34.0 Å². The smallest absolute Gasteiger partial charge is 0.148 e. The van der Waals surface area contributed by atoms with Crippen LogP contribution in [0.2, 0.25) is 0 Å². The average Bonchev–Trinajstić information content (AvgIpc) is 2.45. The highest BCUT2D eigenvalue weighted by atomic mass is 79.9.